The van der Waals surface area contributed by atoms with Gasteiger partial charge in [0.15, 0.2) is 5.13 Å². The molecule has 1 atom stereocenters. The molecule has 0 aromatic carbocycles. The lowest BCUT2D eigenvalue weighted by molar-refractivity contribution is 0.364. The highest BCUT2D eigenvalue weighted by Gasteiger charge is 2.23. The molecule has 1 aliphatic heterocycles. The molecule has 1 fully saturated rings. The Labute approximate surface area is 82.5 Å². The van der Waals surface area contributed by atoms with E-state index in [4.69, 9.17) is 0 Å². The zero-order valence-corrected chi connectivity index (χ0v) is 8.74. The van der Waals surface area contributed by atoms with Crippen LogP contribution in [-0.2, 0) is 0 Å². The van der Waals surface area contributed by atoms with Crippen LogP contribution in [0.25, 0.3) is 0 Å². The van der Waals surface area contributed by atoms with Crippen LogP contribution in [0.5, 0.6) is 0 Å². The normalized spacial score (nSPS) is 23.5. The fraction of sp³-hybridized carbons (Fsp3) is 0.571. The third kappa shape index (κ3) is 1.61. The Morgan fingerprint density at radius 2 is 2.58 bits per heavy atom. The zero-order chi connectivity index (χ0) is 8.55. The van der Waals surface area contributed by atoms with Gasteiger partial charge in [0.1, 0.15) is 6.17 Å². The third-order valence-electron chi connectivity index (χ3n) is 1.87. The molecule has 66 valence electrons. The molecule has 2 rings (SSSR count). The number of hydrogen-bond acceptors (Lipinski definition) is 3. The lowest BCUT2D eigenvalue weighted by Gasteiger charge is -2.11. The lowest BCUT2D eigenvalue weighted by atomic mass is 10.3. The molecule has 0 unspecified atom stereocenters. The van der Waals surface area contributed by atoms with Gasteiger partial charge in [-0.1, -0.05) is 11.3 Å². The van der Waals surface area contributed by atoms with E-state index in [1.54, 1.807) is 17.5 Å². The monoisotopic (exact) mass is 250 g/mol. The smallest absolute Gasteiger partial charge is 0.186 e. The van der Waals surface area contributed by atoms with E-state index in [-0.39, 0.29) is 0 Å². The van der Waals surface area contributed by atoms with E-state index in [1.807, 2.05) is 4.90 Å². The molecule has 2 nitrogen and oxygen atoms in total. The molecule has 0 radical (unpaired) electrons. The molecule has 0 N–H and O–H groups in total. The molecule has 1 aliphatic rings. The molecule has 0 amide bonds. The van der Waals surface area contributed by atoms with Gasteiger partial charge in [0, 0.05) is 6.54 Å². The number of halogens is 2. The summed E-state index contributed by atoms with van der Waals surface area (Å²) in [6, 6.07) is 0. The Morgan fingerprint density at radius 3 is 3.08 bits per heavy atom. The fourth-order valence-electron chi connectivity index (χ4n) is 1.28. The summed E-state index contributed by atoms with van der Waals surface area (Å²) in [4.78, 5) is 6.15. The maximum Gasteiger partial charge on any atom is 0.186 e. The Bertz CT molecular complexity index is 278. The molecule has 5 heteroatoms. The van der Waals surface area contributed by atoms with Crippen molar-refractivity contribution in [3.8, 4) is 0 Å². The summed E-state index contributed by atoms with van der Waals surface area (Å²) in [5, 5.41) is 0.919. The molecule has 2 heterocycles. The summed E-state index contributed by atoms with van der Waals surface area (Å²) in [5.41, 5.74) is 0. The SMILES string of the molecule is F[C@H]1CCN(c2ncc(Br)s2)C1. The molecule has 0 spiro atoms. The Hall–Kier alpha value is -0.160. The van der Waals surface area contributed by atoms with Gasteiger partial charge in [-0.3, -0.25) is 0 Å². The predicted octanol–water partition coefficient (Wildman–Crippen LogP) is 2.45. The minimum Gasteiger partial charge on any atom is -0.345 e. The maximum absolute atomic E-state index is 12.8. The molecule has 1 aromatic rings. The maximum atomic E-state index is 12.8. The average Bonchev–Trinajstić information content (AvgIpc) is 2.58. The van der Waals surface area contributed by atoms with Crippen molar-refractivity contribution in [3.05, 3.63) is 9.98 Å². The van der Waals surface area contributed by atoms with Gasteiger partial charge in [-0.05, 0) is 22.4 Å². The molecular formula is C7H8BrFN2S. The van der Waals surface area contributed by atoms with Gasteiger partial charge >= 0.3 is 0 Å². The van der Waals surface area contributed by atoms with Gasteiger partial charge < -0.3 is 4.90 Å². The van der Waals surface area contributed by atoms with Crippen LogP contribution in [0, 0.1) is 0 Å². The van der Waals surface area contributed by atoms with Crippen molar-refractivity contribution in [2.24, 2.45) is 0 Å². The van der Waals surface area contributed by atoms with E-state index >= 15 is 0 Å². The van der Waals surface area contributed by atoms with Gasteiger partial charge in [0.25, 0.3) is 0 Å². The second-order valence-corrected chi connectivity index (χ2v) is 5.17. The van der Waals surface area contributed by atoms with Gasteiger partial charge in [-0.25, -0.2) is 9.37 Å². The first kappa shape index (κ1) is 8.44. The average molecular weight is 251 g/mol. The van der Waals surface area contributed by atoms with E-state index in [0.29, 0.717) is 13.0 Å². The van der Waals surface area contributed by atoms with Crippen LogP contribution >= 0.6 is 27.3 Å². The molecule has 12 heavy (non-hydrogen) atoms. The summed E-state index contributed by atoms with van der Waals surface area (Å²) in [7, 11) is 0. The number of thiazole rings is 1. The van der Waals surface area contributed by atoms with E-state index in [1.165, 1.54) is 0 Å². The van der Waals surface area contributed by atoms with Gasteiger partial charge in [-0.2, -0.15) is 0 Å². The van der Waals surface area contributed by atoms with Crippen LogP contribution in [0.15, 0.2) is 9.98 Å². The van der Waals surface area contributed by atoms with E-state index in [9.17, 15) is 4.39 Å². The first-order chi connectivity index (χ1) is 5.75. The van der Waals surface area contributed by atoms with E-state index in [0.717, 1.165) is 15.5 Å². The van der Waals surface area contributed by atoms with Crippen molar-refractivity contribution in [1.29, 1.82) is 0 Å². The minimum atomic E-state index is -0.673. The number of anilines is 1. The lowest BCUT2D eigenvalue weighted by Crippen LogP contribution is -2.19. The summed E-state index contributed by atoms with van der Waals surface area (Å²) < 4.78 is 13.8. The summed E-state index contributed by atoms with van der Waals surface area (Å²) in [6.07, 6.45) is 1.72. The highest BCUT2D eigenvalue weighted by molar-refractivity contribution is 9.11. The summed E-state index contributed by atoms with van der Waals surface area (Å²) in [6.45, 7) is 1.29. The first-order valence-corrected chi connectivity index (χ1v) is 5.37. The zero-order valence-electron chi connectivity index (χ0n) is 6.33. The van der Waals surface area contributed by atoms with Crippen LogP contribution in [0.4, 0.5) is 9.52 Å². The molecular weight excluding hydrogens is 243 g/mol. The standard InChI is InChI=1S/C7H8BrFN2S/c8-6-3-10-7(12-6)11-2-1-5(9)4-11/h3,5H,1-2,4H2/t5-/m0/s1. The predicted molar refractivity (Wildman–Crippen MR) is 51.5 cm³/mol. The van der Waals surface area contributed by atoms with Crippen molar-refractivity contribution >= 4 is 32.4 Å². The fourth-order valence-corrected chi connectivity index (χ4v) is 2.50. The topological polar surface area (TPSA) is 16.1 Å². The Balaban J connectivity index is 2.11. The van der Waals surface area contributed by atoms with Crippen LogP contribution in [0.2, 0.25) is 0 Å². The Kier molecular flexibility index (Phi) is 2.32. The minimum absolute atomic E-state index is 0.500. The van der Waals surface area contributed by atoms with Crippen molar-refractivity contribution < 1.29 is 4.39 Å². The first-order valence-electron chi connectivity index (χ1n) is 3.76. The highest BCUT2D eigenvalue weighted by atomic mass is 79.9. The van der Waals surface area contributed by atoms with Gasteiger partial charge in [0.2, 0.25) is 0 Å². The summed E-state index contributed by atoms with van der Waals surface area (Å²) >= 11 is 4.88. The van der Waals surface area contributed by atoms with Crippen molar-refractivity contribution in [3.63, 3.8) is 0 Å². The van der Waals surface area contributed by atoms with E-state index in [2.05, 4.69) is 20.9 Å². The van der Waals surface area contributed by atoms with Crippen molar-refractivity contribution in [2.75, 3.05) is 18.0 Å². The van der Waals surface area contributed by atoms with Crippen molar-refractivity contribution in [2.45, 2.75) is 12.6 Å². The van der Waals surface area contributed by atoms with Crippen LogP contribution in [0.3, 0.4) is 0 Å². The second kappa shape index (κ2) is 3.30. The number of rotatable bonds is 1. The third-order valence-corrected chi connectivity index (χ3v) is 3.40. The van der Waals surface area contributed by atoms with Gasteiger partial charge in [-0.15, -0.1) is 0 Å². The number of nitrogens with zero attached hydrogens (tertiary/aromatic N) is 2. The van der Waals surface area contributed by atoms with Crippen LogP contribution < -0.4 is 4.90 Å². The molecule has 0 aliphatic carbocycles. The number of aromatic nitrogens is 1. The Morgan fingerprint density at radius 1 is 1.75 bits per heavy atom. The van der Waals surface area contributed by atoms with Gasteiger partial charge in [0.05, 0.1) is 16.5 Å². The largest absolute Gasteiger partial charge is 0.345 e. The van der Waals surface area contributed by atoms with E-state index < -0.39 is 6.17 Å². The van der Waals surface area contributed by atoms with Crippen LogP contribution in [0.1, 0.15) is 6.42 Å². The molecule has 1 aromatic heterocycles. The number of hydrogen-bond donors (Lipinski definition) is 0. The molecule has 0 saturated carbocycles. The van der Waals surface area contributed by atoms with Crippen molar-refractivity contribution in [1.82, 2.24) is 4.98 Å². The number of alkyl halides is 1. The highest BCUT2D eigenvalue weighted by Crippen LogP contribution is 2.29. The molecule has 1 saturated heterocycles. The molecule has 0 bridgehead atoms. The second-order valence-electron chi connectivity index (χ2n) is 2.78. The quantitative estimate of drug-likeness (QED) is 0.762. The van der Waals surface area contributed by atoms with Crippen LogP contribution in [-0.4, -0.2) is 24.2 Å². The summed E-state index contributed by atoms with van der Waals surface area (Å²) in [5.74, 6) is 0.